The van der Waals surface area contributed by atoms with Crippen molar-refractivity contribution < 1.29 is 13.2 Å². The van der Waals surface area contributed by atoms with Crippen LogP contribution in [0.25, 0.3) is 0 Å². The van der Waals surface area contributed by atoms with Crippen molar-refractivity contribution in [1.82, 2.24) is 9.21 Å². The average Bonchev–Trinajstić information content (AvgIpc) is 2.56. The molecule has 130 valence electrons. The molecule has 1 aromatic rings. The van der Waals surface area contributed by atoms with Crippen LogP contribution < -0.4 is 0 Å². The number of rotatable bonds is 9. The van der Waals surface area contributed by atoms with Gasteiger partial charge in [0, 0.05) is 46.4 Å². The topological polar surface area (TPSA) is 49.9 Å². The molecular formula is C17H28N2O3S. The van der Waals surface area contributed by atoms with Crippen molar-refractivity contribution in [2.24, 2.45) is 0 Å². The highest BCUT2D eigenvalue weighted by Crippen LogP contribution is 2.11. The van der Waals surface area contributed by atoms with Crippen LogP contribution in [0, 0.1) is 0 Å². The predicted octanol–water partition coefficient (Wildman–Crippen LogP) is 1.60. The third-order valence-corrected chi connectivity index (χ3v) is 6.21. The summed E-state index contributed by atoms with van der Waals surface area (Å²) in [7, 11) is -1.41. The molecule has 1 heterocycles. The molecule has 0 saturated carbocycles. The van der Waals surface area contributed by atoms with E-state index >= 15 is 0 Å². The van der Waals surface area contributed by atoms with Crippen LogP contribution in [-0.4, -0.2) is 69.8 Å². The van der Waals surface area contributed by atoms with Crippen molar-refractivity contribution in [3.8, 4) is 0 Å². The lowest BCUT2D eigenvalue weighted by Gasteiger charge is -2.34. The van der Waals surface area contributed by atoms with E-state index in [9.17, 15) is 8.42 Å². The Hall–Kier alpha value is -0.950. The number of sulfonamides is 1. The molecule has 0 bridgehead atoms. The summed E-state index contributed by atoms with van der Waals surface area (Å²) in [4.78, 5) is 2.31. The molecule has 0 N–H and O–H groups in total. The quantitative estimate of drug-likeness (QED) is 0.641. The molecule has 0 atom stereocenters. The molecule has 0 aliphatic carbocycles. The Bertz CT molecular complexity index is 540. The highest BCUT2D eigenvalue weighted by molar-refractivity contribution is 7.89. The summed E-state index contributed by atoms with van der Waals surface area (Å²) in [5.41, 5.74) is 1.20. The molecule has 1 saturated heterocycles. The first-order chi connectivity index (χ1) is 11.1. The summed E-state index contributed by atoms with van der Waals surface area (Å²) in [6.45, 7) is 4.61. The van der Waals surface area contributed by atoms with Gasteiger partial charge in [-0.3, -0.25) is 0 Å². The smallest absolute Gasteiger partial charge is 0.214 e. The van der Waals surface area contributed by atoms with Gasteiger partial charge in [0.05, 0.1) is 5.75 Å². The van der Waals surface area contributed by atoms with Crippen LogP contribution in [0.5, 0.6) is 0 Å². The van der Waals surface area contributed by atoms with Crippen LogP contribution in [-0.2, 0) is 21.2 Å². The maximum atomic E-state index is 12.4. The Morgan fingerprint density at radius 1 is 1.04 bits per heavy atom. The number of nitrogens with zero attached hydrogens (tertiary/aromatic N) is 2. The fourth-order valence-corrected chi connectivity index (χ4v) is 4.38. The molecule has 0 radical (unpaired) electrons. The Kier molecular flexibility index (Phi) is 7.49. The SMILES string of the molecule is COCCCN1CCN(S(=O)(=O)CCCc2ccccc2)CC1. The van der Waals surface area contributed by atoms with Crippen LogP contribution in [0.1, 0.15) is 18.4 Å². The molecule has 1 aromatic carbocycles. The van der Waals surface area contributed by atoms with Gasteiger partial charge in [0.1, 0.15) is 0 Å². The highest BCUT2D eigenvalue weighted by atomic mass is 32.2. The largest absolute Gasteiger partial charge is 0.385 e. The Labute approximate surface area is 140 Å². The molecular weight excluding hydrogens is 312 g/mol. The van der Waals surface area contributed by atoms with E-state index in [1.54, 1.807) is 11.4 Å². The minimum Gasteiger partial charge on any atom is -0.385 e. The van der Waals surface area contributed by atoms with Gasteiger partial charge < -0.3 is 9.64 Å². The van der Waals surface area contributed by atoms with Crippen molar-refractivity contribution >= 4 is 10.0 Å². The van der Waals surface area contributed by atoms with Gasteiger partial charge in [-0.15, -0.1) is 0 Å². The van der Waals surface area contributed by atoms with E-state index in [4.69, 9.17) is 4.74 Å². The minimum absolute atomic E-state index is 0.242. The lowest BCUT2D eigenvalue weighted by molar-refractivity contribution is 0.149. The lowest BCUT2D eigenvalue weighted by atomic mass is 10.1. The molecule has 23 heavy (non-hydrogen) atoms. The first-order valence-corrected chi connectivity index (χ1v) is 9.96. The zero-order valence-corrected chi connectivity index (χ0v) is 14.8. The Balaban J connectivity index is 1.71. The summed E-state index contributed by atoms with van der Waals surface area (Å²) in [6.07, 6.45) is 2.50. The molecule has 5 nitrogen and oxygen atoms in total. The van der Waals surface area contributed by atoms with Crippen molar-refractivity contribution in [3.05, 3.63) is 35.9 Å². The molecule has 0 amide bonds. The van der Waals surface area contributed by atoms with Crippen LogP contribution in [0.2, 0.25) is 0 Å². The second kappa shape index (κ2) is 9.37. The van der Waals surface area contributed by atoms with Gasteiger partial charge in [-0.1, -0.05) is 30.3 Å². The van der Waals surface area contributed by atoms with Crippen LogP contribution >= 0.6 is 0 Å². The predicted molar refractivity (Wildman–Crippen MR) is 93.1 cm³/mol. The molecule has 1 fully saturated rings. The first kappa shape index (κ1) is 18.4. The molecule has 0 aromatic heterocycles. The van der Waals surface area contributed by atoms with E-state index in [1.807, 2.05) is 30.3 Å². The zero-order valence-electron chi connectivity index (χ0n) is 14.0. The van der Waals surface area contributed by atoms with Crippen molar-refractivity contribution in [2.45, 2.75) is 19.3 Å². The maximum Gasteiger partial charge on any atom is 0.214 e. The van der Waals surface area contributed by atoms with E-state index in [0.29, 0.717) is 19.5 Å². The first-order valence-electron chi connectivity index (χ1n) is 8.35. The number of piperazine rings is 1. The molecule has 0 unspecified atom stereocenters. The van der Waals surface area contributed by atoms with E-state index in [2.05, 4.69) is 4.90 Å². The summed E-state index contributed by atoms with van der Waals surface area (Å²) < 4.78 is 31.6. The summed E-state index contributed by atoms with van der Waals surface area (Å²) in [6, 6.07) is 10.1. The van der Waals surface area contributed by atoms with E-state index in [1.165, 1.54) is 5.56 Å². The number of hydrogen-bond donors (Lipinski definition) is 0. The molecule has 6 heteroatoms. The Morgan fingerprint density at radius 3 is 2.39 bits per heavy atom. The average molecular weight is 340 g/mol. The lowest BCUT2D eigenvalue weighted by Crippen LogP contribution is -2.49. The van der Waals surface area contributed by atoms with Gasteiger partial charge in [0.15, 0.2) is 0 Å². The molecule has 1 aliphatic heterocycles. The summed E-state index contributed by atoms with van der Waals surface area (Å²) in [5.74, 6) is 0.242. The van der Waals surface area contributed by atoms with Gasteiger partial charge in [-0.05, 0) is 24.8 Å². The normalized spacial score (nSPS) is 17.4. The molecule has 1 aliphatic rings. The van der Waals surface area contributed by atoms with Crippen LogP contribution in [0.3, 0.4) is 0 Å². The summed E-state index contributed by atoms with van der Waals surface area (Å²) in [5, 5.41) is 0. The van der Waals surface area contributed by atoms with Crippen molar-refractivity contribution in [1.29, 1.82) is 0 Å². The van der Waals surface area contributed by atoms with Gasteiger partial charge in [-0.2, -0.15) is 4.31 Å². The fraction of sp³-hybridized carbons (Fsp3) is 0.647. The third-order valence-electron chi connectivity index (χ3n) is 4.26. The van der Waals surface area contributed by atoms with Gasteiger partial charge in [0.2, 0.25) is 10.0 Å². The number of hydrogen-bond acceptors (Lipinski definition) is 4. The number of aryl methyl sites for hydroxylation is 1. The zero-order chi connectivity index (χ0) is 16.5. The number of benzene rings is 1. The van der Waals surface area contributed by atoms with Crippen molar-refractivity contribution in [2.75, 3.05) is 52.2 Å². The van der Waals surface area contributed by atoms with Gasteiger partial charge in [-0.25, -0.2) is 8.42 Å². The fourth-order valence-electron chi connectivity index (χ4n) is 2.90. The van der Waals surface area contributed by atoms with Gasteiger partial charge >= 0.3 is 0 Å². The minimum atomic E-state index is -3.12. The highest BCUT2D eigenvalue weighted by Gasteiger charge is 2.26. The van der Waals surface area contributed by atoms with E-state index in [0.717, 1.165) is 39.1 Å². The number of methoxy groups -OCH3 is 1. The monoisotopic (exact) mass is 340 g/mol. The number of ether oxygens (including phenoxy) is 1. The second-order valence-corrected chi connectivity index (χ2v) is 8.08. The van der Waals surface area contributed by atoms with E-state index in [-0.39, 0.29) is 5.75 Å². The van der Waals surface area contributed by atoms with Crippen molar-refractivity contribution in [3.63, 3.8) is 0 Å². The molecule has 2 rings (SSSR count). The maximum absolute atomic E-state index is 12.4. The second-order valence-electron chi connectivity index (χ2n) is 5.99. The molecule has 0 spiro atoms. The van der Waals surface area contributed by atoms with Crippen LogP contribution in [0.4, 0.5) is 0 Å². The Morgan fingerprint density at radius 2 is 1.74 bits per heavy atom. The van der Waals surface area contributed by atoms with E-state index < -0.39 is 10.0 Å². The standard InChI is InChI=1S/C17H28N2O3S/c1-22-15-6-10-18-11-13-19(14-12-18)23(20,21)16-5-9-17-7-3-2-4-8-17/h2-4,7-8H,5-6,9-16H2,1H3. The third kappa shape index (κ3) is 6.22. The summed E-state index contributed by atoms with van der Waals surface area (Å²) >= 11 is 0. The van der Waals surface area contributed by atoms with Crippen LogP contribution in [0.15, 0.2) is 30.3 Å². The van der Waals surface area contributed by atoms with Gasteiger partial charge in [0.25, 0.3) is 0 Å².